The van der Waals surface area contributed by atoms with Gasteiger partial charge >= 0.3 is 0 Å². The lowest BCUT2D eigenvalue weighted by Crippen LogP contribution is -2.33. The first-order chi connectivity index (χ1) is 8.97. The summed E-state index contributed by atoms with van der Waals surface area (Å²) in [5, 5.41) is 2.96. The van der Waals surface area contributed by atoms with E-state index in [1.807, 2.05) is 39.0 Å². The molecular formula is C15H24N2O2. The van der Waals surface area contributed by atoms with Crippen LogP contribution in [0.4, 0.5) is 0 Å². The first-order valence-electron chi connectivity index (χ1n) is 6.67. The van der Waals surface area contributed by atoms with Crippen LogP contribution in [0.15, 0.2) is 18.2 Å². The second-order valence-electron chi connectivity index (χ2n) is 4.91. The number of carbonyl (C=O) groups excluding carboxylic acids is 1. The van der Waals surface area contributed by atoms with Crippen LogP contribution in [0, 0.1) is 6.92 Å². The smallest absolute Gasteiger partial charge is 0.222 e. The first kappa shape index (κ1) is 15.5. The molecule has 0 fully saturated rings. The van der Waals surface area contributed by atoms with Gasteiger partial charge in [0.25, 0.3) is 0 Å². The summed E-state index contributed by atoms with van der Waals surface area (Å²) < 4.78 is 5.33. The highest BCUT2D eigenvalue weighted by molar-refractivity contribution is 5.77. The molecule has 106 valence electrons. The third kappa shape index (κ3) is 4.56. The van der Waals surface area contributed by atoms with Crippen LogP contribution in [0.2, 0.25) is 0 Å². The molecule has 19 heavy (non-hydrogen) atoms. The lowest BCUT2D eigenvalue weighted by Gasteiger charge is -2.19. The maximum Gasteiger partial charge on any atom is 0.222 e. The number of ether oxygens (including phenoxy) is 1. The molecular weight excluding hydrogens is 240 g/mol. The maximum absolute atomic E-state index is 11.8. The number of nitrogens with one attached hydrogen (secondary N) is 1. The summed E-state index contributed by atoms with van der Waals surface area (Å²) in [7, 11) is 1.63. The summed E-state index contributed by atoms with van der Waals surface area (Å²) in [5.74, 6) is 0.767. The number of benzene rings is 1. The minimum Gasteiger partial charge on any atom is -0.496 e. The zero-order chi connectivity index (χ0) is 14.4. The number of amides is 1. The van der Waals surface area contributed by atoms with Gasteiger partial charge in [0.15, 0.2) is 0 Å². The number of hydrogen-bond acceptors (Lipinski definition) is 3. The molecule has 0 spiro atoms. The van der Waals surface area contributed by atoms with Crippen molar-refractivity contribution in [3.63, 3.8) is 0 Å². The monoisotopic (exact) mass is 264 g/mol. The lowest BCUT2D eigenvalue weighted by atomic mass is 10.0. The van der Waals surface area contributed by atoms with Gasteiger partial charge in [-0.2, -0.15) is 0 Å². The Hall–Kier alpha value is -1.55. The van der Waals surface area contributed by atoms with E-state index in [2.05, 4.69) is 5.32 Å². The highest BCUT2D eigenvalue weighted by atomic mass is 16.5. The highest BCUT2D eigenvalue weighted by Crippen LogP contribution is 2.26. The summed E-state index contributed by atoms with van der Waals surface area (Å²) in [6.45, 7) is 5.95. The van der Waals surface area contributed by atoms with Gasteiger partial charge in [0, 0.05) is 18.0 Å². The van der Waals surface area contributed by atoms with Crippen molar-refractivity contribution in [1.29, 1.82) is 0 Å². The van der Waals surface area contributed by atoms with Crippen LogP contribution in [0.25, 0.3) is 0 Å². The normalized spacial score (nSPS) is 13.7. The summed E-state index contributed by atoms with van der Waals surface area (Å²) in [5.41, 5.74) is 7.91. The van der Waals surface area contributed by atoms with Gasteiger partial charge in [0.05, 0.1) is 13.2 Å². The van der Waals surface area contributed by atoms with Crippen LogP contribution in [0.3, 0.4) is 0 Å². The van der Waals surface area contributed by atoms with E-state index in [4.69, 9.17) is 10.5 Å². The Morgan fingerprint density at radius 1 is 1.47 bits per heavy atom. The standard InChI is InChI=1S/C15H24N2O2/c1-5-12(16)9-15(18)17-11(3)13-8-10(2)6-7-14(13)19-4/h6-8,11-12H,5,9,16H2,1-4H3,(H,17,18). The molecule has 0 radical (unpaired) electrons. The van der Waals surface area contributed by atoms with E-state index in [-0.39, 0.29) is 18.0 Å². The Morgan fingerprint density at radius 2 is 2.16 bits per heavy atom. The lowest BCUT2D eigenvalue weighted by molar-refractivity contribution is -0.122. The molecule has 0 aliphatic carbocycles. The topological polar surface area (TPSA) is 64.4 Å². The largest absolute Gasteiger partial charge is 0.496 e. The average Bonchev–Trinajstić information content (AvgIpc) is 2.38. The van der Waals surface area contributed by atoms with E-state index in [0.29, 0.717) is 6.42 Å². The van der Waals surface area contributed by atoms with E-state index in [1.54, 1.807) is 7.11 Å². The molecule has 3 N–H and O–H groups in total. The van der Waals surface area contributed by atoms with Crippen molar-refractivity contribution in [3.05, 3.63) is 29.3 Å². The van der Waals surface area contributed by atoms with Crippen LogP contribution in [-0.2, 0) is 4.79 Å². The number of hydrogen-bond donors (Lipinski definition) is 2. The predicted molar refractivity (Wildman–Crippen MR) is 77.2 cm³/mol. The quantitative estimate of drug-likeness (QED) is 0.828. The third-order valence-electron chi connectivity index (χ3n) is 3.20. The fourth-order valence-corrected chi connectivity index (χ4v) is 1.95. The Morgan fingerprint density at radius 3 is 2.74 bits per heavy atom. The Labute approximate surface area is 115 Å². The van der Waals surface area contributed by atoms with Crippen LogP contribution in [-0.4, -0.2) is 19.1 Å². The fourth-order valence-electron chi connectivity index (χ4n) is 1.95. The van der Waals surface area contributed by atoms with Crippen LogP contribution in [0.1, 0.15) is 43.9 Å². The number of aryl methyl sites for hydroxylation is 1. The zero-order valence-corrected chi connectivity index (χ0v) is 12.2. The molecule has 0 aliphatic heterocycles. The van der Waals surface area contributed by atoms with E-state index >= 15 is 0 Å². The second kappa shape index (κ2) is 7.14. The van der Waals surface area contributed by atoms with Crippen molar-refractivity contribution in [1.82, 2.24) is 5.32 Å². The molecule has 2 unspecified atom stereocenters. The molecule has 2 atom stereocenters. The number of carbonyl (C=O) groups is 1. The predicted octanol–water partition coefficient (Wildman–Crippen LogP) is 2.31. The van der Waals surface area contributed by atoms with E-state index in [1.165, 1.54) is 0 Å². The van der Waals surface area contributed by atoms with Gasteiger partial charge < -0.3 is 15.8 Å². The van der Waals surface area contributed by atoms with Crippen molar-refractivity contribution >= 4 is 5.91 Å². The number of rotatable bonds is 6. The van der Waals surface area contributed by atoms with Crippen LogP contribution >= 0.6 is 0 Å². The summed E-state index contributed by atoms with van der Waals surface area (Å²) in [6.07, 6.45) is 1.16. The SMILES string of the molecule is CCC(N)CC(=O)NC(C)c1cc(C)ccc1OC. The number of methoxy groups -OCH3 is 1. The van der Waals surface area contributed by atoms with Crippen molar-refractivity contribution in [3.8, 4) is 5.75 Å². The number of nitrogens with two attached hydrogens (primary N) is 1. The van der Waals surface area contributed by atoms with Crippen LogP contribution < -0.4 is 15.8 Å². The van der Waals surface area contributed by atoms with Crippen molar-refractivity contribution in [2.75, 3.05) is 7.11 Å². The van der Waals surface area contributed by atoms with Gasteiger partial charge in [-0.3, -0.25) is 4.79 Å². The first-order valence-corrected chi connectivity index (χ1v) is 6.67. The van der Waals surface area contributed by atoms with Crippen molar-refractivity contribution in [2.24, 2.45) is 5.73 Å². The van der Waals surface area contributed by atoms with Crippen molar-refractivity contribution < 1.29 is 9.53 Å². The molecule has 0 saturated carbocycles. The van der Waals surface area contributed by atoms with E-state index in [9.17, 15) is 4.79 Å². The average molecular weight is 264 g/mol. The summed E-state index contributed by atoms with van der Waals surface area (Å²) in [4.78, 5) is 11.8. The van der Waals surface area contributed by atoms with Gasteiger partial charge in [-0.15, -0.1) is 0 Å². The van der Waals surface area contributed by atoms with Gasteiger partial charge in [0.1, 0.15) is 5.75 Å². The molecule has 0 aromatic heterocycles. The fraction of sp³-hybridized carbons (Fsp3) is 0.533. The molecule has 0 heterocycles. The zero-order valence-electron chi connectivity index (χ0n) is 12.2. The third-order valence-corrected chi connectivity index (χ3v) is 3.20. The molecule has 0 aliphatic rings. The Bertz CT molecular complexity index is 432. The molecule has 1 amide bonds. The van der Waals surface area contributed by atoms with Gasteiger partial charge in [-0.25, -0.2) is 0 Å². The van der Waals surface area contributed by atoms with E-state index < -0.39 is 0 Å². The maximum atomic E-state index is 11.8. The Balaban J connectivity index is 2.74. The van der Waals surface area contributed by atoms with Gasteiger partial charge in [-0.1, -0.05) is 24.6 Å². The molecule has 4 nitrogen and oxygen atoms in total. The van der Waals surface area contributed by atoms with Crippen LogP contribution in [0.5, 0.6) is 5.75 Å². The highest BCUT2D eigenvalue weighted by Gasteiger charge is 2.15. The molecule has 4 heteroatoms. The molecule has 1 aromatic carbocycles. The molecule has 1 aromatic rings. The minimum absolute atomic E-state index is 0.0228. The van der Waals surface area contributed by atoms with E-state index in [0.717, 1.165) is 23.3 Å². The Kier molecular flexibility index (Phi) is 5.83. The van der Waals surface area contributed by atoms with Gasteiger partial charge in [-0.05, 0) is 26.3 Å². The summed E-state index contributed by atoms with van der Waals surface area (Å²) >= 11 is 0. The molecule has 1 rings (SSSR count). The van der Waals surface area contributed by atoms with Crippen molar-refractivity contribution in [2.45, 2.75) is 45.7 Å². The molecule has 0 saturated heterocycles. The summed E-state index contributed by atoms with van der Waals surface area (Å²) in [6, 6.07) is 5.77. The molecule has 0 bridgehead atoms. The second-order valence-corrected chi connectivity index (χ2v) is 4.91. The minimum atomic E-state index is -0.0913. The van der Waals surface area contributed by atoms with Gasteiger partial charge in [0.2, 0.25) is 5.91 Å².